The molecular formula is C19H23N5O2. The van der Waals surface area contributed by atoms with Crippen molar-refractivity contribution in [2.24, 2.45) is 0 Å². The molecule has 7 heteroatoms. The summed E-state index contributed by atoms with van der Waals surface area (Å²) in [5.41, 5.74) is 3.43. The highest BCUT2D eigenvalue weighted by Crippen LogP contribution is 2.25. The molecule has 2 aliphatic rings. The number of quaternary nitrogens is 1. The van der Waals surface area contributed by atoms with Crippen LogP contribution in [0.4, 0.5) is 5.82 Å². The number of carbonyl (C=O) groups is 1. The van der Waals surface area contributed by atoms with Crippen molar-refractivity contribution in [2.75, 3.05) is 50.7 Å². The Kier molecular flexibility index (Phi) is 4.44. The van der Waals surface area contributed by atoms with E-state index in [0.29, 0.717) is 13.1 Å². The molecule has 3 heterocycles. The van der Waals surface area contributed by atoms with Crippen LogP contribution in [0.25, 0.3) is 11.1 Å². The smallest absolute Gasteiger partial charge is 0.328 e. The minimum Gasteiger partial charge on any atom is -0.625 e. The van der Waals surface area contributed by atoms with Crippen LogP contribution in [0.1, 0.15) is 5.56 Å². The molecule has 2 aromatic rings. The Bertz CT molecular complexity index is 813. The zero-order valence-corrected chi connectivity index (χ0v) is 15.0. The SMILES string of the molecule is Cc1ccccc1-c1cnnc(N2CCN(CC(=O)[N+]3([O-])CC3)CC2)c1. The number of benzene rings is 1. The van der Waals surface area contributed by atoms with Gasteiger partial charge >= 0.3 is 5.91 Å². The summed E-state index contributed by atoms with van der Waals surface area (Å²) in [6.45, 7) is 6.29. The summed E-state index contributed by atoms with van der Waals surface area (Å²) in [5.74, 6) is 0.648. The second-order valence-electron chi connectivity index (χ2n) is 7.11. The molecule has 0 bridgehead atoms. The van der Waals surface area contributed by atoms with Gasteiger partial charge in [0.05, 0.1) is 6.20 Å². The third kappa shape index (κ3) is 3.46. The highest BCUT2D eigenvalue weighted by Gasteiger charge is 2.41. The quantitative estimate of drug-likeness (QED) is 0.470. The van der Waals surface area contributed by atoms with Gasteiger partial charge in [0.25, 0.3) is 0 Å². The minimum absolute atomic E-state index is 0.209. The van der Waals surface area contributed by atoms with Crippen molar-refractivity contribution in [1.29, 1.82) is 0 Å². The molecule has 0 atom stereocenters. The van der Waals surface area contributed by atoms with Crippen LogP contribution >= 0.6 is 0 Å². The maximum absolute atomic E-state index is 12.0. The minimum atomic E-state index is -0.635. The molecule has 0 N–H and O–H groups in total. The predicted octanol–water partition coefficient (Wildman–Crippen LogP) is 1.43. The molecule has 26 heavy (non-hydrogen) atoms. The van der Waals surface area contributed by atoms with Crippen molar-refractivity contribution in [1.82, 2.24) is 15.1 Å². The van der Waals surface area contributed by atoms with Gasteiger partial charge in [0.2, 0.25) is 0 Å². The zero-order chi connectivity index (χ0) is 18.1. The van der Waals surface area contributed by atoms with E-state index >= 15 is 0 Å². The Morgan fingerprint density at radius 2 is 1.92 bits per heavy atom. The van der Waals surface area contributed by atoms with E-state index < -0.39 is 4.65 Å². The molecule has 0 unspecified atom stereocenters. The monoisotopic (exact) mass is 353 g/mol. The first-order chi connectivity index (χ1) is 12.5. The fourth-order valence-corrected chi connectivity index (χ4v) is 3.35. The Morgan fingerprint density at radius 1 is 1.19 bits per heavy atom. The maximum Gasteiger partial charge on any atom is 0.328 e. The van der Waals surface area contributed by atoms with E-state index in [0.717, 1.165) is 43.1 Å². The summed E-state index contributed by atoms with van der Waals surface area (Å²) < 4.78 is -0.635. The fraction of sp³-hybridized carbons (Fsp3) is 0.421. The van der Waals surface area contributed by atoms with Crippen LogP contribution in [0.3, 0.4) is 0 Å². The van der Waals surface area contributed by atoms with Gasteiger partial charge in [0.15, 0.2) is 5.82 Å². The van der Waals surface area contributed by atoms with Crippen LogP contribution in [-0.2, 0) is 4.79 Å². The van der Waals surface area contributed by atoms with E-state index in [1.807, 2.05) is 12.1 Å². The lowest BCUT2D eigenvalue weighted by atomic mass is 10.0. The second-order valence-corrected chi connectivity index (χ2v) is 7.11. The van der Waals surface area contributed by atoms with Crippen molar-refractivity contribution < 1.29 is 9.44 Å². The average molecular weight is 353 g/mol. The molecule has 1 amide bonds. The van der Waals surface area contributed by atoms with Crippen LogP contribution < -0.4 is 4.90 Å². The van der Waals surface area contributed by atoms with Gasteiger partial charge in [-0.25, -0.2) is 4.79 Å². The predicted molar refractivity (Wildman–Crippen MR) is 99.2 cm³/mol. The van der Waals surface area contributed by atoms with E-state index in [2.05, 4.69) is 45.1 Å². The second kappa shape index (κ2) is 6.75. The number of aryl methyl sites for hydroxylation is 1. The van der Waals surface area contributed by atoms with E-state index in [-0.39, 0.29) is 12.5 Å². The first-order valence-corrected chi connectivity index (χ1v) is 9.03. The molecule has 0 radical (unpaired) electrons. The van der Waals surface area contributed by atoms with Gasteiger partial charge in [-0.3, -0.25) is 9.55 Å². The normalized spacial score (nSPS) is 19.4. The van der Waals surface area contributed by atoms with Gasteiger partial charge in [-0.05, 0) is 24.1 Å². The molecule has 1 aromatic carbocycles. The Labute approximate surface area is 153 Å². The number of amides is 1. The third-order valence-electron chi connectivity index (χ3n) is 5.24. The topological polar surface area (TPSA) is 72.4 Å². The lowest BCUT2D eigenvalue weighted by Crippen LogP contribution is -2.50. The molecule has 0 spiro atoms. The molecule has 1 aromatic heterocycles. The average Bonchev–Trinajstić information content (AvgIpc) is 3.42. The Hall–Kier alpha value is -2.35. The molecule has 2 fully saturated rings. The Balaban J connectivity index is 1.41. The van der Waals surface area contributed by atoms with Gasteiger partial charge in [-0.2, -0.15) is 5.10 Å². The molecule has 136 valence electrons. The van der Waals surface area contributed by atoms with Gasteiger partial charge in [-0.15, -0.1) is 5.10 Å². The summed E-state index contributed by atoms with van der Waals surface area (Å²) in [6.07, 6.45) is 1.79. The molecule has 2 saturated heterocycles. The lowest BCUT2D eigenvalue weighted by molar-refractivity contribution is -0.660. The number of rotatable bonds is 4. The molecular weight excluding hydrogens is 330 g/mol. The van der Waals surface area contributed by atoms with Gasteiger partial charge in [0.1, 0.15) is 19.6 Å². The molecule has 7 nitrogen and oxygen atoms in total. The van der Waals surface area contributed by atoms with E-state index in [1.165, 1.54) is 5.56 Å². The van der Waals surface area contributed by atoms with Crippen LogP contribution in [0.2, 0.25) is 0 Å². The number of hydroxylamine groups is 3. The van der Waals surface area contributed by atoms with Crippen molar-refractivity contribution in [2.45, 2.75) is 6.92 Å². The van der Waals surface area contributed by atoms with Crippen molar-refractivity contribution in [3.63, 3.8) is 0 Å². The highest BCUT2D eigenvalue weighted by molar-refractivity contribution is 5.73. The number of piperazine rings is 1. The summed E-state index contributed by atoms with van der Waals surface area (Å²) in [6, 6.07) is 10.3. The van der Waals surface area contributed by atoms with E-state index in [1.54, 1.807) is 6.20 Å². The first-order valence-electron chi connectivity index (χ1n) is 9.03. The summed E-state index contributed by atoms with van der Waals surface area (Å²) >= 11 is 0. The number of carbonyl (C=O) groups excluding carboxylic acids is 1. The van der Waals surface area contributed by atoms with Crippen molar-refractivity contribution >= 4 is 11.7 Å². The lowest BCUT2D eigenvalue weighted by Gasteiger charge is -2.35. The van der Waals surface area contributed by atoms with Crippen LogP contribution in [-0.4, -0.2) is 71.5 Å². The van der Waals surface area contributed by atoms with Gasteiger partial charge in [-0.1, -0.05) is 24.3 Å². The Morgan fingerprint density at radius 3 is 2.62 bits per heavy atom. The van der Waals surface area contributed by atoms with Crippen LogP contribution in [0.5, 0.6) is 0 Å². The molecule has 0 saturated carbocycles. The largest absolute Gasteiger partial charge is 0.625 e. The zero-order valence-electron chi connectivity index (χ0n) is 15.0. The number of aromatic nitrogens is 2. The number of nitrogens with zero attached hydrogens (tertiary/aromatic N) is 5. The van der Waals surface area contributed by atoms with Crippen molar-refractivity contribution in [3.8, 4) is 11.1 Å². The van der Waals surface area contributed by atoms with Gasteiger partial charge in [0, 0.05) is 31.7 Å². The fourth-order valence-electron chi connectivity index (χ4n) is 3.35. The standard InChI is InChI=1S/C19H23N5O2/c1-15-4-2-3-5-17(15)16-12-18(21-20-13-16)23-8-6-22(7-9-23)14-19(25)24(26)10-11-24/h2-5,12-13H,6-11,14H2,1H3. The number of hydrogen-bond donors (Lipinski definition) is 0. The first kappa shape index (κ1) is 17.1. The van der Waals surface area contributed by atoms with Gasteiger partial charge < -0.3 is 10.1 Å². The number of hydrogen-bond acceptors (Lipinski definition) is 6. The molecule has 0 aliphatic carbocycles. The summed E-state index contributed by atoms with van der Waals surface area (Å²) in [4.78, 5) is 16.2. The highest BCUT2D eigenvalue weighted by atomic mass is 16.6. The maximum atomic E-state index is 12.0. The van der Waals surface area contributed by atoms with Crippen LogP contribution in [0.15, 0.2) is 36.5 Å². The van der Waals surface area contributed by atoms with E-state index in [4.69, 9.17) is 0 Å². The van der Waals surface area contributed by atoms with E-state index in [9.17, 15) is 10.0 Å². The summed E-state index contributed by atoms with van der Waals surface area (Å²) in [7, 11) is 0. The van der Waals surface area contributed by atoms with Crippen molar-refractivity contribution in [3.05, 3.63) is 47.3 Å². The molecule has 4 rings (SSSR count). The third-order valence-corrected chi connectivity index (χ3v) is 5.24. The summed E-state index contributed by atoms with van der Waals surface area (Å²) in [5, 5.41) is 20.3. The molecule has 2 aliphatic heterocycles. The van der Waals surface area contributed by atoms with Crippen LogP contribution in [0, 0.1) is 12.1 Å². The number of anilines is 1.